The second-order valence-corrected chi connectivity index (χ2v) is 5.42. The van der Waals surface area contributed by atoms with Crippen molar-refractivity contribution in [1.29, 1.82) is 0 Å². The highest BCUT2D eigenvalue weighted by Gasteiger charge is 2.34. The van der Waals surface area contributed by atoms with Crippen molar-refractivity contribution >= 4 is 17.6 Å². The van der Waals surface area contributed by atoms with E-state index in [-0.39, 0.29) is 18.0 Å². The summed E-state index contributed by atoms with van der Waals surface area (Å²) in [6.07, 6.45) is 0.115. The van der Waals surface area contributed by atoms with Crippen LogP contribution >= 0.6 is 0 Å². The number of ether oxygens (including phenoxy) is 3. The lowest BCUT2D eigenvalue weighted by atomic mass is 10.1. The molecule has 0 fully saturated rings. The van der Waals surface area contributed by atoms with Crippen molar-refractivity contribution in [3.05, 3.63) is 48.3 Å². The highest BCUT2D eigenvalue weighted by molar-refractivity contribution is 6.01. The summed E-state index contributed by atoms with van der Waals surface area (Å²) in [5, 5.41) is 2.67. The van der Waals surface area contributed by atoms with Gasteiger partial charge in [0.15, 0.2) is 17.2 Å². The molecule has 0 bridgehead atoms. The van der Waals surface area contributed by atoms with Gasteiger partial charge in [-0.25, -0.2) is 9.78 Å². The fourth-order valence-corrected chi connectivity index (χ4v) is 2.48. The Labute approximate surface area is 144 Å². The molecular formula is C18H18N2O5. The number of carbonyl (C=O) groups excluding carboxylic acids is 2. The van der Waals surface area contributed by atoms with E-state index in [0.717, 1.165) is 0 Å². The minimum absolute atomic E-state index is 0.0440. The summed E-state index contributed by atoms with van der Waals surface area (Å²) in [5.41, 5.74) is 0.308. The minimum Gasteiger partial charge on any atom is -0.482 e. The number of nitrogens with one attached hydrogen (secondary N) is 1. The molecule has 3 rings (SSSR count). The number of fused-ring (bicyclic) bond motifs is 1. The zero-order valence-electron chi connectivity index (χ0n) is 13.9. The van der Waals surface area contributed by atoms with E-state index in [2.05, 4.69) is 10.3 Å². The van der Waals surface area contributed by atoms with Crippen molar-refractivity contribution < 1.29 is 23.8 Å². The zero-order valence-corrected chi connectivity index (χ0v) is 13.9. The van der Waals surface area contributed by atoms with Gasteiger partial charge in [0.25, 0.3) is 5.91 Å². The molecule has 0 radical (unpaired) electrons. The van der Waals surface area contributed by atoms with E-state index in [4.69, 9.17) is 14.2 Å². The quantitative estimate of drug-likeness (QED) is 0.859. The molecule has 2 heterocycles. The van der Waals surface area contributed by atoms with E-state index in [1.165, 1.54) is 6.20 Å². The van der Waals surface area contributed by atoms with Crippen LogP contribution in [0.15, 0.2) is 42.6 Å². The molecule has 7 heteroatoms. The van der Waals surface area contributed by atoms with Crippen LogP contribution in [0.1, 0.15) is 24.3 Å². The Morgan fingerprint density at radius 2 is 1.88 bits per heavy atom. The number of hydrogen-bond acceptors (Lipinski definition) is 6. The van der Waals surface area contributed by atoms with Gasteiger partial charge in [-0.1, -0.05) is 12.1 Å². The summed E-state index contributed by atoms with van der Waals surface area (Å²) in [6.45, 7) is 3.66. The topological polar surface area (TPSA) is 86.8 Å². The predicted octanol–water partition coefficient (Wildman–Crippen LogP) is 2.43. The highest BCUT2D eigenvalue weighted by atomic mass is 16.6. The SMILES string of the molecule is CCOC(=O)c1ncccc1NC(=O)[C@@H]1Oc2ccccc2O[C@H]1C. The molecule has 1 aromatic carbocycles. The van der Waals surface area contributed by atoms with E-state index >= 15 is 0 Å². The molecule has 0 unspecified atom stereocenters. The second kappa shape index (κ2) is 7.21. The molecular weight excluding hydrogens is 324 g/mol. The van der Waals surface area contributed by atoms with Crippen LogP contribution in [0.5, 0.6) is 11.5 Å². The number of hydrogen-bond donors (Lipinski definition) is 1. The standard InChI is InChI=1S/C18H18N2O5/c1-3-23-18(22)15-12(7-6-10-19-15)20-17(21)16-11(2)24-13-8-4-5-9-14(13)25-16/h4-11,16H,3H2,1-2H3,(H,20,21)/t11-,16+/m0/s1. The van der Waals surface area contributed by atoms with Gasteiger partial charge in [-0.2, -0.15) is 0 Å². The molecule has 0 aliphatic carbocycles. The molecule has 7 nitrogen and oxygen atoms in total. The summed E-state index contributed by atoms with van der Waals surface area (Å²) in [5.74, 6) is 0.0587. The molecule has 1 aromatic heterocycles. The van der Waals surface area contributed by atoms with E-state index in [9.17, 15) is 9.59 Å². The number of benzene rings is 1. The molecule has 1 aliphatic rings. The monoisotopic (exact) mass is 342 g/mol. The third-order valence-corrected chi connectivity index (χ3v) is 3.64. The summed E-state index contributed by atoms with van der Waals surface area (Å²) in [7, 11) is 0. The van der Waals surface area contributed by atoms with Crippen molar-refractivity contribution in [2.45, 2.75) is 26.1 Å². The third kappa shape index (κ3) is 3.55. The Balaban J connectivity index is 1.78. The fraction of sp³-hybridized carbons (Fsp3) is 0.278. The molecule has 0 saturated carbocycles. The van der Waals surface area contributed by atoms with Crippen molar-refractivity contribution in [2.24, 2.45) is 0 Å². The number of aromatic nitrogens is 1. The maximum atomic E-state index is 12.6. The fourth-order valence-electron chi connectivity index (χ4n) is 2.48. The zero-order chi connectivity index (χ0) is 17.8. The normalized spacial score (nSPS) is 18.3. The summed E-state index contributed by atoms with van der Waals surface area (Å²) >= 11 is 0. The van der Waals surface area contributed by atoms with Gasteiger partial charge >= 0.3 is 5.97 Å². The average molecular weight is 342 g/mol. The van der Waals surface area contributed by atoms with Gasteiger partial charge in [-0.3, -0.25) is 4.79 Å². The first-order valence-electron chi connectivity index (χ1n) is 7.95. The molecule has 1 aliphatic heterocycles. The summed E-state index contributed by atoms with van der Waals surface area (Å²) in [6, 6.07) is 10.3. The van der Waals surface area contributed by atoms with Crippen LogP contribution in [0.25, 0.3) is 0 Å². The first-order valence-corrected chi connectivity index (χ1v) is 7.95. The van der Waals surface area contributed by atoms with Crippen molar-refractivity contribution in [1.82, 2.24) is 4.98 Å². The highest BCUT2D eigenvalue weighted by Crippen LogP contribution is 2.33. The van der Waals surface area contributed by atoms with Crippen LogP contribution in [0.2, 0.25) is 0 Å². The number of anilines is 1. The smallest absolute Gasteiger partial charge is 0.359 e. The van der Waals surface area contributed by atoms with Crippen molar-refractivity contribution in [3.63, 3.8) is 0 Å². The van der Waals surface area contributed by atoms with Gasteiger partial charge in [0.05, 0.1) is 12.3 Å². The lowest BCUT2D eigenvalue weighted by Gasteiger charge is -2.31. The molecule has 0 spiro atoms. The van der Waals surface area contributed by atoms with Crippen LogP contribution in [0, 0.1) is 0 Å². The first-order chi connectivity index (χ1) is 12.1. The van der Waals surface area contributed by atoms with Gasteiger partial charge in [0, 0.05) is 6.20 Å². The van der Waals surface area contributed by atoms with Gasteiger partial charge in [-0.05, 0) is 38.1 Å². The Morgan fingerprint density at radius 1 is 1.16 bits per heavy atom. The average Bonchev–Trinajstić information content (AvgIpc) is 2.61. The molecule has 2 aromatic rings. The van der Waals surface area contributed by atoms with Crippen LogP contribution in [-0.2, 0) is 9.53 Å². The molecule has 25 heavy (non-hydrogen) atoms. The van der Waals surface area contributed by atoms with E-state index in [1.54, 1.807) is 44.2 Å². The largest absolute Gasteiger partial charge is 0.482 e. The Morgan fingerprint density at radius 3 is 2.60 bits per heavy atom. The Kier molecular flexibility index (Phi) is 4.83. The Bertz CT molecular complexity index is 793. The third-order valence-electron chi connectivity index (χ3n) is 3.64. The predicted molar refractivity (Wildman–Crippen MR) is 89.8 cm³/mol. The van der Waals surface area contributed by atoms with Crippen molar-refractivity contribution in [2.75, 3.05) is 11.9 Å². The molecule has 1 amide bonds. The number of esters is 1. The molecule has 1 N–H and O–H groups in total. The molecule has 0 saturated heterocycles. The van der Waals surface area contributed by atoms with E-state index < -0.39 is 24.1 Å². The number of nitrogens with zero attached hydrogens (tertiary/aromatic N) is 1. The van der Waals surface area contributed by atoms with Gasteiger partial charge < -0.3 is 19.5 Å². The van der Waals surface area contributed by atoms with Gasteiger partial charge in [0.2, 0.25) is 6.10 Å². The van der Waals surface area contributed by atoms with Crippen LogP contribution in [-0.4, -0.2) is 35.7 Å². The first kappa shape index (κ1) is 16.8. The lowest BCUT2D eigenvalue weighted by molar-refractivity contribution is -0.128. The maximum absolute atomic E-state index is 12.6. The second-order valence-electron chi connectivity index (χ2n) is 5.42. The summed E-state index contributed by atoms with van der Waals surface area (Å²) in [4.78, 5) is 28.6. The van der Waals surface area contributed by atoms with Gasteiger partial charge in [0.1, 0.15) is 6.10 Å². The van der Waals surface area contributed by atoms with E-state index in [0.29, 0.717) is 11.5 Å². The van der Waals surface area contributed by atoms with Gasteiger partial charge in [-0.15, -0.1) is 0 Å². The number of para-hydroxylation sites is 2. The maximum Gasteiger partial charge on any atom is 0.359 e. The van der Waals surface area contributed by atoms with Crippen molar-refractivity contribution in [3.8, 4) is 11.5 Å². The summed E-state index contributed by atoms with van der Waals surface area (Å²) < 4.78 is 16.4. The number of carbonyl (C=O) groups is 2. The molecule has 130 valence electrons. The van der Waals surface area contributed by atoms with Crippen LogP contribution in [0.3, 0.4) is 0 Å². The lowest BCUT2D eigenvalue weighted by Crippen LogP contribution is -2.46. The Hall–Kier alpha value is -3.09. The molecule has 2 atom stereocenters. The van der Waals surface area contributed by atoms with Crippen LogP contribution < -0.4 is 14.8 Å². The number of rotatable bonds is 4. The number of amides is 1. The minimum atomic E-state index is -0.856. The number of pyridine rings is 1. The van der Waals surface area contributed by atoms with E-state index in [1.807, 2.05) is 6.07 Å². The van der Waals surface area contributed by atoms with Crippen LogP contribution in [0.4, 0.5) is 5.69 Å².